The van der Waals surface area contributed by atoms with Crippen LogP contribution >= 0.6 is 0 Å². The zero-order chi connectivity index (χ0) is 17.6. The van der Waals surface area contributed by atoms with E-state index in [0.717, 1.165) is 48.6 Å². The van der Waals surface area contributed by atoms with E-state index in [1.54, 1.807) is 24.4 Å². The van der Waals surface area contributed by atoms with Gasteiger partial charge in [-0.15, -0.1) is 0 Å². The fourth-order valence-electron chi connectivity index (χ4n) is 3.63. The third-order valence-corrected chi connectivity index (χ3v) is 5.21. The van der Waals surface area contributed by atoms with Gasteiger partial charge in [-0.2, -0.15) is 0 Å². The van der Waals surface area contributed by atoms with Crippen LogP contribution < -0.4 is 20.9 Å². The van der Waals surface area contributed by atoms with Crippen molar-refractivity contribution < 1.29 is 9.21 Å². The Balaban J connectivity index is 1.66. The van der Waals surface area contributed by atoms with Crippen LogP contribution in [-0.2, 0) is 0 Å². The number of nitrogens with zero attached hydrogens (tertiary/aromatic N) is 3. The summed E-state index contributed by atoms with van der Waals surface area (Å²) in [5, 5.41) is 3.52. The van der Waals surface area contributed by atoms with E-state index in [-0.39, 0.29) is 5.91 Å². The predicted octanol–water partition coefficient (Wildman–Crippen LogP) is 2.71. The van der Waals surface area contributed by atoms with Gasteiger partial charge in [-0.1, -0.05) is 0 Å². The summed E-state index contributed by atoms with van der Waals surface area (Å²) in [6.07, 6.45) is 7.48. The third kappa shape index (κ3) is 2.74. The van der Waals surface area contributed by atoms with Crippen molar-refractivity contribution >= 4 is 28.8 Å². The quantitative estimate of drug-likeness (QED) is 0.873. The number of nitrogens with one attached hydrogen (secondary N) is 1. The molecule has 2 aliphatic rings. The van der Waals surface area contributed by atoms with Crippen molar-refractivity contribution in [3.8, 4) is 0 Å². The highest BCUT2D eigenvalue weighted by Gasteiger charge is 2.30. The van der Waals surface area contributed by atoms with Gasteiger partial charge in [-0.25, -0.2) is 4.98 Å². The molecule has 1 saturated carbocycles. The molecule has 0 unspecified atom stereocenters. The van der Waals surface area contributed by atoms with E-state index in [2.05, 4.69) is 10.3 Å². The molecule has 132 valence electrons. The second kappa shape index (κ2) is 6.07. The number of nitrogens with two attached hydrogens (primary N) is 1. The van der Waals surface area contributed by atoms with Crippen LogP contribution in [0.25, 0.3) is 0 Å². The Morgan fingerprint density at radius 1 is 1.16 bits per heavy atom. The van der Waals surface area contributed by atoms with Gasteiger partial charge in [0.1, 0.15) is 5.82 Å². The molecule has 2 aromatic heterocycles. The molecule has 3 heterocycles. The number of anilines is 4. The topological polar surface area (TPSA) is 87.6 Å². The lowest BCUT2D eigenvalue weighted by molar-refractivity contribution is 0.0968. The molecule has 1 fully saturated rings. The molecule has 0 bridgehead atoms. The van der Waals surface area contributed by atoms with Gasteiger partial charge in [0.25, 0.3) is 5.91 Å². The highest BCUT2D eigenvalue weighted by molar-refractivity contribution is 6.11. The van der Waals surface area contributed by atoms with Gasteiger partial charge in [0.15, 0.2) is 0 Å². The molecule has 0 aromatic carbocycles. The first-order chi connectivity index (χ1) is 12.0. The third-order valence-electron chi connectivity index (χ3n) is 5.21. The maximum atomic E-state index is 12.6. The number of carbonyl (C=O) groups excluding carboxylic acids is 1. The van der Waals surface area contributed by atoms with E-state index in [4.69, 9.17) is 10.2 Å². The molecule has 25 heavy (non-hydrogen) atoms. The zero-order valence-corrected chi connectivity index (χ0v) is 14.5. The summed E-state index contributed by atoms with van der Waals surface area (Å²) in [4.78, 5) is 20.7. The molecule has 0 atom stereocenters. The fourth-order valence-corrected chi connectivity index (χ4v) is 3.63. The number of carbonyl (C=O) groups is 1. The average molecular weight is 341 g/mol. The van der Waals surface area contributed by atoms with E-state index in [9.17, 15) is 4.79 Å². The van der Waals surface area contributed by atoms with Crippen LogP contribution in [0.1, 0.15) is 36.2 Å². The van der Waals surface area contributed by atoms with E-state index < -0.39 is 0 Å². The highest BCUT2D eigenvalue weighted by atomic mass is 16.3. The molecule has 2 aromatic rings. The van der Waals surface area contributed by atoms with Crippen molar-refractivity contribution in [3.05, 3.63) is 30.4 Å². The zero-order valence-electron chi connectivity index (χ0n) is 14.5. The summed E-state index contributed by atoms with van der Waals surface area (Å²) < 4.78 is 5.40. The lowest BCUT2D eigenvalue weighted by Gasteiger charge is -2.28. The molecule has 1 aliphatic heterocycles. The number of rotatable bonds is 2. The van der Waals surface area contributed by atoms with Crippen molar-refractivity contribution in [3.63, 3.8) is 0 Å². The first-order valence-electron chi connectivity index (χ1n) is 8.66. The van der Waals surface area contributed by atoms with Crippen molar-refractivity contribution in [2.24, 2.45) is 5.73 Å². The van der Waals surface area contributed by atoms with Crippen LogP contribution in [0, 0.1) is 0 Å². The molecular formula is C18H23N5O2. The van der Waals surface area contributed by atoms with Gasteiger partial charge >= 0.3 is 0 Å². The van der Waals surface area contributed by atoms with Gasteiger partial charge < -0.3 is 25.3 Å². The Bertz CT molecular complexity index is 795. The standard InChI is InChI=1S/C18H23N5O2/c1-22-13-7-8-25-17(13)18(24)23(2)15-10-20-16(9-14(15)22)21-12-5-3-11(19)4-6-12/h7-12H,3-6,19H2,1-2H3,(H,20,21)/t11-,12+. The van der Waals surface area contributed by atoms with Crippen LogP contribution in [0.2, 0.25) is 0 Å². The largest absolute Gasteiger partial charge is 0.457 e. The number of pyridine rings is 1. The van der Waals surface area contributed by atoms with Crippen LogP contribution in [0.15, 0.2) is 29.0 Å². The van der Waals surface area contributed by atoms with Gasteiger partial charge in [0.2, 0.25) is 5.76 Å². The minimum Gasteiger partial charge on any atom is -0.457 e. The van der Waals surface area contributed by atoms with Crippen LogP contribution in [0.3, 0.4) is 0 Å². The highest BCUT2D eigenvalue weighted by Crippen LogP contribution is 2.40. The summed E-state index contributed by atoms with van der Waals surface area (Å²) in [6, 6.07) is 4.52. The molecule has 7 heteroatoms. The monoisotopic (exact) mass is 341 g/mol. The Morgan fingerprint density at radius 3 is 2.68 bits per heavy atom. The number of amides is 1. The number of hydrogen-bond donors (Lipinski definition) is 2. The van der Waals surface area contributed by atoms with Crippen LogP contribution in [-0.4, -0.2) is 37.1 Å². The van der Waals surface area contributed by atoms with Crippen molar-refractivity contribution in [1.29, 1.82) is 0 Å². The Kier molecular flexibility index (Phi) is 3.88. The lowest BCUT2D eigenvalue weighted by Crippen LogP contribution is -2.33. The van der Waals surface area contributed by atoms with Crippen LogP contribution in [0.5, 0.6) is 0 Å². The molecule has 0 radical (unpaired) electrons. The SMILES string of the molecule is CN1C(=O)c2occc2N(C)c2cc(N[C@H]3CC[C@@H](N)CC3)ncc21. The number of hydrogen-bond acceptors (Lipinski definition) is 6. The first-order valence-corrected chi connectivity index (χ1v) is 8.66. The van der Waals surface area contributed by atoms with Crippen LogP contribution in [0.4, 0.5) is 22.9 Å². The summed E-state index contributed by atoms with van der Waals surface area (Å²) >= 11 is 0. The predicted molar refractivity (Wildman–Crippen MR) is 97.6 cm³/mol. The maximum Gasteiger partial charge on any atom is 0.296 e. The van der Waals surface area contributed by atoms with E-state index in [0.29, 0.717) is 17.8 Å². The van der Waals surface area contributed by atoms with Gasteiger partial charge in [-0.05, 0) is 25.7 Å². The minimum absolute atomic E-state index is 0.172. The minimum atomic E-state index is -0.172. The molecule has 7 nitrogen and oxygen atoms in total. The van der Waals surface area contributed by atoms with Crippen molar-refractivity contribution in [2.75, 3.05) is 29.2 Å². The van der Waals surface area contributed by atoms with Crippen molar-refractivity contribution in [2.45, 2.75) is 37.8 Å². The molecule has 1 amide bonds. The molecule has 0 saturated heterocycles. The molecule has 0 spiro atoms. The molecular weight excluding hydrogens is 318 g/mol. The summed E-state index contributed by atoms with van der Waals surface area (Å²) in [5.74, 6) is 0.991. The fraction of sp³-hybridized carbons (Fsp3) is 0.444. The second-order valence-electron chi connectivity index (χ2n) is 6.87. The Hall–Kier alpha value is -2.54. The van der Waals surface area contributed by atoms with Gasteiger partial charge in [0.05, 0.1) is 29.5 Å². The Morgan fingerprint density at radius 2 is 1.92 bits per heavy atom. The smallest absolute Gasteiger partial charge is 0.296 e. The second-order valence-corrected chi connectivity index (χ2v) is 6.87. The number of furan rings is 1. The average Bonchev–Trinajstić information content (AvgIpc) is 3.09. The van der Waals surface area contributed by atoms with E-state index in [1.807, 2.05) is 24.1 Å². The summed E-state index contributed by atoms with van der Waals surface area (Å²) in [7, 11) is 3.67. The number of fused-ring (bicyclic) bond motifs is 2. The lowest BCUT2D eigenvalue weighted by atomic mass is 9.92. The molecule has 4 rings (SSSR count). The molecule has 3 N–H and O–H groups in total. The van der Waals surface area contributed by atoms with E-state index >= 15 is 0 Å². The van der Waals surface area contributed by atoms with Gasteiger partial charge in [0, 0.05) is 38.3 Å². The Labute approximate surface area is 146 Å². The maximum absolute atomic E-state index is 12.6. The number of aromatic nitrogens is 1. The summed E-state index contributed by atoms with van der Waals surface area (Å²) in [5.41, 5.74) is 8.42. The van der Waals surface area contributed by atoms with E-state index in [1.165, 1.54) is 0 Å². The van der Waals surface area contributed by atoms with Gasteiger partial charge in [-0.3, -0.25) is 4.79 Å². The first kappa shape index (κ1) is 16.0. The molecule has 1 aliphatic carbocycles. The summed E-state index contributed by atoms with van der Waals surface area (Å²) in [6.45, 7) is 0. The van der Waals surface area contributed by atoms with Crippen molar-refractivity contribution in [1.82, 2.24) is 4.98 Å². The normalized spacial score (nSPS) is 23.1.